The van der Waals surface area contributed by atoms with Gasteiger partial charge in [-0.15, -0.1) is 0 Å². The summed E-state index contributed by atoms with van der Waals surface area (Å²) in [7, 11) is -3.76. The maximum Gasteiger partial charge on any atom is 0.324 e. The van der Waals surface area contributed by atoms with E-state index in [-0.39, 0.29) is 11.5 Å². The zero-order valence-corrected chi connectivity index (χ0v) is 15.4. The van der Waals surface area contributed by atoms with Crippen molar-refractivity contribution in [3.05, 3.63) is 54.1 Å². The zero-order valence-electron chi connectivity index (χ0n) is 14.6. The Labute approximate surface area is 153 Å². The molecule has 2 aromatic rings. The standard InChI is InChI=1S/C19H22N2O4S/c1-2-3-14-4-6-15(7-5-14)20-16-8-10-17(11-9-16)26(23,24)21-18-12-13-25-19(18)22/h4-11,18,20-21H,2-3,12-13H2,1H3/t18-/m0/s1. The van der Waals surface area contributed by atoms with Crippen molar-refractivity contribution in [1.29, 1.82) is 0 Å². The molecule has 0 aliphatic carbocycles. The van der Waals surface area contributed by atoms with E-state index >= 15 is 0 Å². The van der Waals surface area contributed by atoms with E-state index in [2.05, 4.69) is 29.1 Å². The lowest BCUT2D eigenvalue weighted by Gasteiger charge is -2.11. The summed E-state index contributed by atoms with van der Waals surface area (Å²) in [4.78, 5) is 11.6. The third-order valence-electron chi connectivity index (χ3n) is 4.18. The van der Waals surface area contributed by atoms with Crippen molar-refractivity contribution in [2.24, 2.45) is 0 Å². The van der Waals surface area contributed by atoms with Gasteiger partial charge >= 0.3 is 5.97 Å². The first kappa shape index (κ1) is 18.4. The summed E-state index contributed by atoms with van der Waals surface area (Å²) < 4.78 is 31.9. The fraction of sp³-hybridized carbons (Fsp3) is 0.316. The molecule has 0 spiro atoms. The molecule has 1 heterocycles. The number of sulfonamides is 1. The number of anilines is 2. The molecule has 1 fully saturated rings. The summed E-state index contributed by atoms with van der Waals surface area (Å²) in [6.07, 6.45) is 2.51. The van der Waals surface area contributed by atoms with Gasteiger partial charge in [-0.05, 0) is 48.4 Å². The van der Waals surface area contributed by atoms with Gasteiger partial charge in [0.25, 0.3) is 0 Å². The van der Waals surface area contributed by atoms with Gasteiger partial charge in [0.05, 0.1) is 11.5 Å². The van der Waals surface area contributed by atoms with Gasteiger partial charge in [0.15, 0.2) is 0 Å². The van der Waals surface area contributed by atoms with Crippen LogP contribution in [-0.4, -0.2) is 27.0 Å². The fourth-order valence-electron chi connectivity index (χ4n) is 2.79. The number of carbonyl (C=O) groups is 1. The number of hydrogen-bond donors (Lipinski definition) is 2. The largest absolute Gasteiger partial charge is 0.464 e. The van der Waals surface area contributed by atoms with E-state index in [0.29, 0.717) is 6.42 Å². The predicted molar refractivity (Wildman–Crippen MR) is 99.8 cm³/mol. The summed E-state index contributed by atoms with van der Waals surface area (Å²) in [5.41, 5.74) is 3.01. The van der Waals surface area contributed by atoms with E-state index in [1.165, 1.54) is 17.7 Å². The molecule has 3 rings (SSSR count). The number of rotatable bonds is 7. The molecule has 0 bridgehead atoms. The number of esters is 1. The second-order valence-electron chi connectivity index (χ2n) is 6.23. The topological polar surface area (TPSA) is 84.5 Å². The lowest BCUT2D eigenvalue weighted by atomic mass is 10.1. The van der Waals surface area contributed by atoms with Crippen molar-refractivity contribution in [2.45, 2.75) is 37.1 Å². The highest BCUT2D eigenvalue weighted by Crippen LogP contribution is 2.20. The fourth-order valence-corrected chi connectivity index (χ4v) is 4.00. The molecular weight excluding hydrogens is 352 g/mol. The van der Waals surface area contributed by atoms with Crippen molar-refractivity contribution < 1.29 is 17.9 Å². The lowest BCUT2D eigenvalue weighted by Crippen LogP contribution is -2.37. The highest BCUT2D eigenvalue weighted by molar-refractivity contribution is 7.89. The van der Waals surface area contributed by atoms with E-state index in [9.17, 15) is 13.2 Å². The maximum atomic E-state index is 12.4. The van der Waals surface area contributed by atoms with Gasteiger partial charge in [-0.2, -0.15) is 4.72 Å². The predicted octanol–water partition coefficient (Wildman–Crippen LogP) is 2.98. The molecule has 138 valence electrons. The summed E-state index contributed by atoms with van der Waals surface area (Å²) in [6, 6.07) is 13.8. The molecule has 7 heteroatoms. The lowest BCUT2D eigenvalue weighted by molar-refractivity contribution is -0.139. The monoisotopic (exact) mass is 374 g/mol. The Bertz CT molecular complexity index is 861. The number of benzene rings is 2. The first-order valence-corrected chi connectivity index (χ1v) is 10.1. The minimum absolute atomic E-state index is 0.112. The quantitative estimate of drug-likeness (QED) is 0.728. The molecule has 2 N–H and O–H groups in total. The van der Waals surface area contributed by atoms with Crippen LogP contribution in [0.4, 0.5) is 11.4 Å². The molecule has 1 atom stereocenters. The number of aryl methyl sites for hydroxylation is 1. The molecule has 0 unspecified atom stereocenters. The highest BCUT2D eigenvalue weighted by atomic mass is 32.2. The molecule has 0 aromatic heterocycles. The van der Waals surface area contributed by atoms with E-state index in [1.807, 2.05) is 12.1 Å². The Morgan fingerprint density at radius 2 is 1.65 bits per heavy atom. The molecule has 2 aromatic carbocycles. The van der Waals surface area contributed by atoms with Gasteiger partial charge in [0.1, 0.15) is 6.04 Å². The van der Waals surface area contributed by atoms with E-state index in [4.69, 9.17) is 4.74 Å². The Hall–Kier alpha value is -2.38. The Morgan fingerprint density at radius 1 is 1.04 bits per heavy atom. The molecule has 0 radical (unpaired) electrons. The average molecular weight is 374 g/mol. The van der Waals surface area contributed by atoms with Crippen LogP contribution in [0.25, 0.3) is 0 Å². The number of carbonyl (C=O) groups excluding carboxylic acids is 1. The molecule has 0 amide bonds. The summed E-state index contributed by atoms with van der Waals surface area (Å²) in [5.74, 6) is -0.529. The van der Waals surface area contributed by atoms with Crippen molar-refractivity contribution in [3.63, 3.8) is 0 Å². The normalized spacial score (nSPS) is 17.1. The summed E-state index contributed by atoms with van der Waals surface area (Å²) in [5, 5.41) is 3.24. The number of hydrogen-bond acceptors (Lipinski definition) is 5. The van der Waals surface area contributed by atoms with Crippen LogP contribution in [0.3, 0.4) is 0 Å². The van der Waals surface area contributed by atoms with Gasteiger partial charge < -0.3 is 10.1 Å². The van der Waals surface area contributed by atoms with Crippen LogP contribution in [0.2, 0.25) is 0 Å². The van der Waals surface area contributed by atoms with Crippen molar-refractivity contribution in [3.8, 4) is 0 Å². The molecule has 26 heavy (non-hydrogen) atoms. The molecular formula is C19H22N2O4S. The molecule has 0 saturated carbocycles. The van der Waals surface area contributed by atoms with Crippen molar-refractivity contribution >= 4 is 27.4 Å². The summed E-state index contributed by atoms with van der Waals surface area (Å²) in [6.45, 7) is 2.39. The van der Waals surface area contributed by atoms with E-state index in [1.54, 1.807) is 12.1 Å². The highest BCUT2D eigenvalue weighted by Gasteiger charge is 2.31. The molecule has 1 aliphatic rings. The van der Waals surface area contributed by atoms with Gasteiger partial charge in [0.2, 0.25) is 10.0 Å². The zero-order chi connectivity index (χ0) is 18.6. The van der Waals surface area contributed by atoms with Crippen LogP contribution in [0.15, 0.2) is 53.4 Å². The molecule has 6 nitrogen and oxygen atoms in total. The minimum atomic E-state index is -3.76. The third-order valence-corrected chi connectivity index (χ3v) is 5.67. The Kier molecular flexibility index (Phi) is 5.58. The molecule has 1 aliphatic heterocycles. The average Bonchev–Trinajstić information content (AvgIpc) is 3.02. The van der Waals surface area contributed by atoms with Crippen molar-refractivity contribution in [1.82, 2.24) is 4.72 Å². The third kappa shape index (κ3) is 4.42. The Morgan fingerprint density at radius 3 is 2.19 bits per heavy atom. The Balaban J connectivity index is 1.66. The van der Waals surface area contributed by atoms with Crippen molar-refractivity contribution in [2.75, 3.05) is 11.9 Å². The molecule has 1 saturated heterocycles. The van der Waals surface area contributed by atoms with Crippen LogP contribution < -0.4 is 10.0 Å². The van der Waals surface area contributed by atoms with E-state index in [0.717, 1.165) is 24.2 Å². The van der Waals surface area contributed by atoms with Crippen LogP contribution >= 0.6 is 0 Å². The summed E-state index contributed by atoms with van der Waals surface area (Å²) >= 11 is 0. The van der Waals surface area contributed by atoms with Gasteiger partial charge in [0, 0.05) is 17.8 Å². The van der Waals surface area contributed by atoms with Gasteiger partial charge in [-0.3, -0.25) is 4.79 Å². The first-order valence-electron chi connectivity index (χ1n) is 8.63. The second kappa shape index (κ2) is 7.88. The SMILES string of the molecule is CCCc1ccc(Nc2ccc(S(=O)(=O)N[C@H]3CCOC3=O)cc2)cc1. The number of cyclic esters (lactones) is 1. The second-order valence-corrected chi connectivity index (χ2v) is 7.94. The van der Waals surface area contributed by atoms with E-state index < -0.39 is 22.0 Å². The minimum Gasteiger partial charge on any atom is -0.464 e. The first-order chi connectivity index (χ1) is 12.5. The van der Waals surface area contributed by atoms with Crippen LogP contribution in [-0.2, 0) is 26.0 Å². The number of nitrogens with one attached hydrogen (secondary N) is 2. The number of ether oxygens (including phenoxy) is 1. The van der Waals surface area contributed by atoms with Gasteiger partial charge in [-0.1, -0.05) is 25.5 Å². The smallest absolute Gasteiger partial charge is 0.324 e. The van der Waals surface area contributed by atoms with Gasteiger partial charge in [-0.25, -0.2) is 8.42 Å². The van der Waals surface area contributed by atoms with Crippen LogP contribution in [0.5, 0.6) is 0 Å². The van der Waals surface area contributed by atoms with Crippen LogP contribution in [0.1, 0.15) is 25.3 Å². The van der Waals surface area contributed by atoms with Crippen LogP contribution in [0, 0.1) is 0 Å². The maximum absolute atomic E-state index is 12.4.